The number of carbonyl (C=O) groups is 2. The van der Waals surface area contributed by atoms with E-state index in [0.29, 0.717) is 17.6 Å². The van der Waals surface area contributed by atoms with Crippen molar-refractivity contribution >= 4 is 35.8 Å². The molecule has 0 aromatic heterocycles. The van der Waals surface area contributed by atoms with Gasteiger partial charge in [-0.25, -0.2) is 9.59 Å². The fourth-order valence-corrected chi connectivity index (χ4v) is 6.54. The van der Waals surface area contributed by atoms with Crippen LogP contribution in [0.1, 0.15) is 44.5 Å². The first-order valence-corrected chi connectivity index (χ1v) is 13.2. The number of ether oxygens (including phenoxy) is 1. The molecule has 0 saturated heterocycles. The lowest BCUT2D eigenvalue weighted by atomic mass is 9.91. The average Bonchev–Trinajstić information content (AvgIpc) is 2.87. The van der Waals surface area contributed by atoms with Gasteiger partial charge in [0.1, 0.15) is 6.10 Å². The van der Waals surface area contributed by atoms with Crippen LogP contribution in [-0.4, -0.2) is 23.1 Å². The van der Waals surface area contributed by atoms with E-state index in [1.807, 2.05) is 81.4 Å². The minimum absolute atomic E-state index is 0.0230. The van der Waals surface area contributed by atoms with Gasteiger partial charge in [0.2, 0.25) is 0 Å². The van der Waals surface area contributed by atoms with Gasteiger partial charge >= 0.3 is 11.9 Å². The fourth-order valence-electron chi connectivity index (χ4n) is 4.10. The summed E-state index contributed by atoms with van der Waals surface area (Å²) < 4.78 is 6.11. The van der Waals surface area contributed by atoms with Crippen molar-refractivity contribution in [3.8, 4) is 0 Å². The summed E-state index contributed by atoms with van der Waals surface area (Å²) in [7, 11) is -0.953. The number of aliphatic carboxylic acids is 1. The average molecular weight is 489 g/mol. The third kappa shape index (κ3) is 6.90. The Morgan fingerprint density at radius 1 is 0.857 bits per heavy atom. The predicted octanol–water partition coefficient (Wildman–Crippen LogP) is 5.68. The van der Waals surface area contributed by atoms with Gasteiger partial charge in [-0.3, -0.25) is 0 Å². The maximum atomic E-state index is 13.6. The maximum absolute atomic E-state index is 13.6. The zero-order chi connectivity index (χ0) is 25.4. The van der Waals surface area contributed by atoms with Crippen molar-refractivity contribution in [1.29, 1.82) is 0 Å². The van der Waals surface area contributed by atoms with Crippen LogP contribution in [0.3, 0.4) is 0 Å². The Kier molecular flexibility index (Phi) is 9.39. The van der Waals surface area contributed by atoms with Crippen LogP contribution in [0.25, 0.3) is 0 Å². The maximum Gasteiger partial charge on any atom is 0.339 e. The molecular weight excluding hydrogens is 455 g/mol. The quantitative estimate of drug-likeness (QED) is 0.226. The van der Waals surface area contributed by atoms with E-state index in [-0.39, 0.29) is 23.9 Å². The molecule has 0 fully saturated rings. The molecule has 2 atom stereocenters. The van der Waals surface area contributed by atoms with Crippen molar-refractivity contribution < 1.29 is 19.4 Å². The molecule has 3 aromatic carbocycles. The highest BCUT2D eigenvalue weighted by molar-refractivity contribution is 7.80. The molecule has 0 spiro atoms. The van der Waals surface area contributed by atoms with E-state index in [2.05, 4.69) is 24.3 Å². The molecule has 3 aromatic rings. The zero-order valence-corrected chi connectivity index (χ0v) is 21.6. The normalized spacial score (nSPS) is 13.5. The first-order chi connectivity index (χ1) is 16.8. The molecule has 0 radical (unpaired) electrons. The molecule has 35 heavy (non-hydrogen) atoms. The van der Waals surface area contributed by atoms with Crippen molar-refractivity contribution in [1.82, 2.24) is 0 Å². The van der Waals surface area contributed by atoms with Crippen molar-refractivity contribution in [2.45, 2.75) is 40.2 Å². The zero-order valence-electron chi connectivity index (χ0n) is 20.7. The Morgan fingerprint density at radius 2 is 1.37 bits per heavy atom. The first kappa shape index (κ1) is 26.4. The summed E-state index contributed by atoms with van der Waals surface area (Å²) in [5.41, 5.74) is 0.869. The molecule has 0 bridgehead atoms. The molecule has 1 N–H and O–H groups in total. The highest BCUT2D eigenvalue weighted by Gasteiger charge is 2.28. The summed E-state index contributed by atoms with van der Waals surface area (Å²) in [6, 6.07) is 28.2. The summed E-state index contributed by atoms with van der Waals surface area (Å²) in [6.45, 7) is 7.62. The van der Waals surface area contributed by atoms with Gasteiger partial charge in [0, 0.05) is 5.57 Å². The molecule has 0 saturated carbocycles. The Morgan fingerprint density at radius 3 is 1.89 bits per heavy atom. The van der Waals surface area contributed by atoms with Gasteiger partial charge in [0.25, 0.3) is 0 Å². The molecule has 0 aliphatic heterocycles. The Labute approximate surface area is 209 Å². The molecule has 3 rings (SSSR count). The van der Waals surface area contributed by atoms with Gasteiger partial charge in [-0.15, -0.1) is 0 Å². The van der Waals surface area contributed by atoms with Crippen molar-refractivity contribution in [3.05, 3.63) is 102 Å². The van der Waals surface area contributed by atoms with Crippen LogP contribution in [-0.2, 0) is 9.53 Å². The summed E-state index contributed by atoms with van der Waals surface area (Å²) in [6.07, 6.45) is 1.89. The summed E-state index contributed by atoms with van der Waals surface area (Å²) in [5.74, 6) is -1.21. The number of rotatable bonds is 10. The third-order valence-corrected chi connectivity index (χ3v) is 8.49. The molecule has 0 aliphatic carbocycles. The molecule has 4 nitrogen and oxygen atoms in total. The molecule has 0 aliphatic rings. The van der Waals surface area contributed by atoms with E-state index >= 15 is 0 Å². The van der Waals surface area contributed by atoms with Crippen LogP contribution in [0.5, 0.6) is 0 Å². The predicted molar refractivity (Wildman–Crippen MR) is 144 cm³/mol. The van der Waals surface area contributed by atoms with Gasteiger partial charge in [-0.05, 0) is 55.1 Å². The van der Waals surface area contributed by atoms with Gasteiger partial charge in [-0.1, -0.05) is 106 Å². The third-order valence-electron chi connectivity index (χ3n) is 5.99. The second-order valence-corrected chi connectivity index (χ2v) is 11.2. The van der Waals surface area contributed by atoms with Crippen LogP contribution in [0, 0.1) is 11.8 Å². The summed E-state index contributed by atoms with van der Waals surface area (Å²) in [5, 5.41) is 12.4. The van der Waals surface area contributed by atoms with Gasteiger partial charge < -0.3 is 9.84 Å². The minimum atomic E-state index is -0.953. The van der Waals surface area contributed by atoms with Crippen LogP contribution >= 0.6 is 7.92 Å². The lowest BCUT2D eigenvalue weighted by molar-refractivity contribution is -0.132. The first-order valence-electron chi connectivity index (χ1n) is 11.9. The van der Waals surface area contributed by atoms with E-state index in [9.17, 15) is 9.59 Å². The second-order valence-electron chi connectivity index (χ2n) is 9.04. The van der Waals surface area contributed by atoms with Gasteiger partial charge in [-0.2, -0.15) is 0 Å². The second kappa shape index (κ2) is 12.5. The highest BCUT2D eigenvalue weighted by Crippen LogP contribution is 2.34. The lowest BCUT2D eigenvalue weighted by Gasteiger charge is -2.28. The van der Waals surface area contributed by atoms with E-state index in [1.165, 1.54) is 0 Å². The summed E-state index contributed by atoms with van der Waals surface area (Å²) >= 11 is 0. The fraction of sp³-hybridized carbons (Fsp3) is 0.267. The van der Waals surface area contributed by atoms with Gasteiger partial charge in [0.05, 0.1) is 5.56 Å². The SMILES string of the molecule is C/C(=C\C[C@@H](C)[C@H](OC(=O)c1ccccc1P(c1ccccc1)c1ccccc1)C(C)C)C(=O)O. The van der Waals surface area contributed by atoms with E-state index in [4.69, 9.17) is 9.84 Å². The highest BCUT2D eigenvalue weighted by atomic mass is 31.1. The number of hydrogen-bond acceptors (Lipinski definition) is 3. The number of carbonyl (C=O) groups excluding carboxylic acids is 1. The van der Waals surface area contributed by atoms with Crippen LogP contribution in [0.15, 0.2) is 96.6 Å². The van der Waals surface area contributed by atoms with Crippen LogP contribution in [0.2, 0.25) is 0 Å². The molecule has 0 unspecified atom stereocenters. The number of carboxylic acids is 1. The topological polar surface area (TPSA) is 63.6 Å². The van der Waals surface area contributed by atoms with E-state index in [0.717, 1.165) is 15.9 Å². The Hall–Kier alpha value is -3.23. The number of allylic oxidation sites excluding steroid dienone is 1. The molecule has 0 amide bonds. The van der Waals surface area contributed by atoms with Crippen molar-refractivity contribution in [2.75, 3.05) is 0 Å². The summed E-state index contributed by atoms with van der Waals surface area (Å²) in [4.78, 5) is 24.7. The number of esters is 1. The smallest absolute Gasteiger partial charge is 0.339 e. The molecule has 0 heterocycles. The van der Waals surface area contributed by atoms with Crippen LogP contribution in [0.4, 0.5) is 0 Å². The van der Waals surface area contributed by atoms with Crippen molar-refractivity contribution in [2.24, 2.45) is 11.8 Å². The minimum Gasteiger partial charge on any atom is -0.478 e. The number of hydrogen-bond donors (Lipinski definition) is 1. The Balaban J connectivity index is 1.95. The largest absolute Gasteiger partial charge is 0.478 e. The van der Waals surface area contributed by atoms with E-state index in [1.54, 1.807) is 13.0 Å². The standard InChI is InChI=1S/C30H33O4P/c1-21(2)28(22(3)19-20-23(4)29(31)32)34-30(33)26-17-11-12-18-27(26)35(24-13-7-5-8-14-24)25-15-9-6-10-16-25/h5-18,20-22,28H,19H2,1-4H3,(H,31,32)/b23-20+/t22-,28-/m1/s1. The lowest BCUT2D eigenvalue weighted by Crippen LogP contribution is -2.32. The Bertz CT molecular complexity index is 1120. The molecular formula is C30H33O4P. The van der Waals surface area contributed by atoms with E-state index < -0.39 is 13.9 Å². The van der Waals surface area contributed by atoms with Crippen molar-refractivity contribution in [3.63, 3.8) is 0 Å². The van der Waals surface area contributed by atoms with Crippen LogP contribution < -0.4 is 15.9 Å². The number of benzene rings is 3. The molecule has 182 valence electrons. The number of carboxylic acid groups (broad SMARTS) is 1. The van der Waals surface area contributed by atoms with Gasteiger partial charge in [0.15, 0.2) is 0 Å². The monoisotopic (exact) mass is 488 g/mol. The molecule has 5 heteroatoms.